The number of carbonyl (C=O) groups is 2. The molecule has 0 aliphatic heterocycles. The van der Waals surface area contributed by atoms with Gasteiger partial charge in [0.05, 0.1) is 5.56 Å². The molecule has 0 aliphatic carbocycles. The van der Waals surface area contributed by atoms with Gasteiger partial charge in [0.1, 0.15) is 0 Å². The Morgan fingerprint density at radius 2 is 1.17 bits per heavy atom. The first-order valence-corrected chi connectivity index (χ1v) is 8.70. The van der Waals surface area contributed by atoms with Crippen LogP contribution in [0.15, 0.2) is 72.8 Å². The molecule has 3 rings (SSSR count). The lowest BCUT2D eigenvalue weighted by atomic mass is 10.1. The average molecular weight is 398 g/mol. The summed E-state index contributed by atoms with van der Waals surface area (Å²) >= 11 is 0. The minimum absolute atomic E-state index is 0.0936. The zero-order chi connectivity index (χ0) is 21.0. The van der Waals surface area contributed by atoms with Crippen molar-refractivity contribution in [2.75, 3.05) is 10.6 Å². The van der Waals surface area contributed by atoms with E-state index in [2.05, 4.69) is 10.6 Å². The maximum Gasteiger partial charge on any atom is 0.416 e. The molecule has 0 spiro atoms. The predicted octanol–water partition coefficient (Wildman–Crippen LogP) is 5.52. The summed E-state index contributed by atoms with van der Waals surface area (Å²) in [6.07, 6.45) is -4.46. The lowest BCUT2D eigenvalue weighted by molar-refractivity contribution is -0.137. The van der Waals surface area contributed by atoms with Crippen LogP contribution in [0.4, 0.5) is 24.5 Å². The van der Waals surface area contributed by atoms with Gasteiger partial charge in [-0.3, -0.25) is 9.59 Å². The highest BCUT2D eigenvalue weighted by molar-refractivity contribution is 6.07. The van der Waals surface area contributed by atoms with Gasteiger partial charge in [-0.1, -0.05) is 24.3 Å². The Kier molecular flexibility index (Phi) is 5.68. The number of anilines is 2. The molecule has 3 aromatic rings. The monoisotopic (exact) mass is 398 g/mol. The van der Waals surface area contributed by atoms with Gasteiger partial charge in [-0.05, 0) is 61.0 Å². The van der Waals surface area contributed by atoms with Crippen molar-refractivity contribution in [2.45, 2.75) is 13.1 Å². The summed E-state index contributed by atoms with van der Waals surface area (Å²) in [6.45, 7) is 1.73. The molecule has 0 atom stereocenters. The van der Waals surface area contributed by atoms with E-state index in [1.165, 1.54) is 0 Å². The average Bonchev–Trinajstić information content (AvgIpc) is 2.71. The first kappa shape index (κ1) is 20.1. The highest BCUT2D eigenvalue weighted by Crippen LogP contribution is 2.29. The normalized spacial score (nSPS) is 11.0. The molecule has 7 heteroatoms. The van der Waals surface area contributed by atoms with E-state index in [9.17, 15) is 22.8 Å². The van der Waals surface area contributed by atoms with Gasteiger partial charge < -0.3 is 10.6 Å². The Labute approximate surface area is 165 Å². The summed E-state index contributed by atoms with van der Waals surface area (Å²) in [4.78, 5) is 24.7. The Hall–Kier alpha value is -3.61. The van der Waals surface area contributed by atoms with E-state index in [1.54, 1.807) is 55.5 Å². The van der Waals surface area contributed by atoms with Gasteiger partial charge >= 0.3 is 6.18 Å². The Balaban J connectivity index is 1.75. The van der Waals surface area contributed by atoms with Crippen LogP contribution in [0.25, 0.3) is 0 Å². The summed E-state index contributed by atoms with van der Waals surface area (Å²) < 4.78 is 38.0. The number of amides is 2. The van der Waals surface area contributed by atoms with Crippen LogP contribution in [0, 0.1) is 6.92 Å². The molecular weight excluding hydrogens is 381 g/mol. The zero-order valence-electron chi connectivity index (χ0n) is 15.4. The quantitative estimate of drug-likeness (QED) is 0.608. The summed E-state index contributed by atoms with van der Waals surface area (Å²) in [5.41, 5.74) is 1.35. The lowest BCUT2D eigenvalue weighted by Crippen LogP contribution is -2.16. The summed E-state index contributed by atoms with van der Waals surface area (Å²) in [6, 6.07) is 17.6. The third kappa shape index (κ3) is 4.82. The molecule has 148 valence electrons. The van der Waals surface area contributed by atoms with Crippen LogP contribution in [0.1, 0.15) is 31.8 Å². The van der Waals surface area contributed by atoms with Gasteiger partial charge in [-0.15, -0.1) is 0 Å². The fourth-order valence-corrected chi connectivity index (χ4v) is 2.70. The van der Waals surface area contributed by atoms with Crippen molar-refractivity contribution >= 4 is 23.2 Å². The number of carbonyl (C=O) groups excluding carboxylic acids is 2. The van der Waals surface area contributed by atoms with Gasteiger partial charge in [-0.25, -0.2) is 0 Å². The fraction of sp³-hybridized carbons (Fsp3) is 0.0909. The number of nitrogens with one attached hydrogen (secondary N) is 2. The van der Waals surface area contributed by atoms with Crippen molar-refractivity contribution in [3.8, 4) is 0 Å². The zero-order valence-corrected chi connectivity index (χ0v) is 15.4. The van der Waals surface area contributed by atoms with E-state index in [4.69, 9.17) is 0 Å². The number of hydrogen-bond acceptors (Lipinski definition) is 2. The molecule has 0 saturated carbocycles. The summed E-state index contributed by atoms with van der Waals surface area (Å²) in [7, 11) is 0. The van der Waals surface area contributed by atoms with Gasteiger partial charge in [0.25, 0.3) is 11.8 Å². The van der Waals surface area contributed by atoms with E-state index >= 15 is 0 Å². The van der Waals surface area contributed by atoms with Crippen molar-refractivity contribution in [3.63, 3.8) is 0 Å². The predicted molar refractivity (Wildman–Crippen MR) is 105 cm³/mol. The largest absolute Gasteiger partial charge is 0.416 e. The highest BCUT2D eigenvalue weighted by Gasteiger charge is 2.30. The summed E-state index contributed by atoms with van der Waals surface area (Å²) in [5.74, 6) is -0.840. The maximum absolute atomic E-state index is 12.7. The number of halogens is 3. The second-order valence-electron chi connectivity index (χ2n) is 6.33. The van der Waals surface area contributed by atoms with Crippen LogP contribution in [0.5, 0.6) is 0 Å². The van der Waals surface area contributed by atoms with Crippen molar-refractivity contribution < 1.29 is 22.8 Å². The van der Waals surface area contributed by atoms with Crippen LogP contribution in [-0.2, 0) is 6.18 Å². The lowest BCUT2D eigenvalue weighted by Gasteiger charge is -2.14. The molecule has 0 aliphatic rings. The van der Waals surface area contributed by atoms with Crippen molar-refractivity contribution in [3.05, 3.63) is 95.1 Å². The number of rotatable bonds is 4. The van der Waals surface area contributed by atoms with Crippen LogP contribution in [-0.4, -0.2) is 11.8 Å². The van der Waals surface area contributed by atoms with E-state index < -0.39 is 17.6 Å². The molecule has 0 saturated heterocycles. The SMILES string of the molecule is Cc1c(NC(=O)c2ccccc2)cccc1NC(=O)c1ccc(C(F)(F)F)cc1. The minimum atomic E-state index is -4.46. The first-order chi connectivity index (χ1) is 13.8. The number of benzene rings is 3. The Morgan fingerprint density at radius 3 is 1.66 bits per heavy atom. The molecule has 0 heterocycles. The maximum atomic E-state index is 12.7. The molecule has 0 radical (unpaired) electrons. The molecule has 0 bridgehead atoms. The molecule has 29 heavy (non-hydrogen) atoms. The van der Waals surface area contributed by atoms with Crippen LogP contribution < -0.4 is 10.6 Å². The van der Waals surface area contributed by atoms with Gasteiger partial charge in [0.2, 0.25) is 0 Å². The fourth-order valence-electron chi connectivity index (χ4n) is 2.70. The molecule has 3 aromatic carbocycles. The minimum Gasteiger partial charge on any atom is -0.322 e. The number of hydrogen-bond donors (Lipinski definition) is 2. The molecule has 2 N–H and O–H groups in total. The highest BCUT2D eigenvalue weighted by atomic mass is 19.4. The van der Waals surface area contributed by atoms with E-state index in [1.807, 2.05) is 0 Å². The van der Waals surface area contributed by atoms with Crippen LogP contribution >= 0.6 is 0 Å². The summed E-state index contributed by atoms with van der Waals surface area (Å²) in [5, 5.41) is 5.46. The van der Waals surface area contributed by atoms with E-state index in [-0.39, 0.29) is 11.5 Å². The standard InChI is InChI=1S/C22H17F3N2O2/c1-14-18(26-20(28)15-6-3-2-4-7-15)8-5-9-19(14)27-21(29)16-10-12-17(13-11-16)22(23,24)25/h2-13H,1H3,(H,26,28)(H,27,29). The smallest absolute Gasteiger partial charge is 0.322 e. The third-order valence-electron chi connectivity index (χ3n) is 4.34. The topological polar surface area (TPSA) is 58.2 Å². The molecule has 4 nitrogen and oxygen atoms in total. The van der Waals surface area contributed by atoms with Gasteiger partial charge in [0, 0.05) is 22.5 Å². The Morgan fingerprint density at radius 1 is 0.690 bits per heavy atom. The molecule has 0 fully saturated rings. The van der Waals surface area contributed by atoms with Crippen molar-refractivity contribution in [2.24, 2.45) is 0 Å². The van der Waals surface area contributed by atoms with Crippen LogP contribution in [0.3, 0.4) is 0 Å². The van der Waals surface area contributed by atoms with Gasteiger partial charge in [-0.2, -0.15) is 13.2 Å². The first-order valence-electron chi connectivity index (χ1n) is 8.70. The Bertz CT molecular complexity index is 1030. The van der Waals surface area contributed by atoms with Gasteiger partial charge in [0.15, 0.2) is 0 Å². The second-order valence-corrected chi connectivity index (χ2v) is 6.33. The third-order valence-corrected chi connectivity index (χ3v) is 4.34. The second kappa shape index (κ2) is 8.18. The number of alkyl halides is 3. The van der Waals surface area contributed by atoms with Crippen LogP contribution in [0.2, 0.25) is 0 Å². The van der Waals surface area contributed by atoms with E-state index in [0.29, 0.717) is 22.5 Å². The van der Waals surface area contributed by atoms with E-state index in [0.717, 1.165) is 24.3 Å². The molecule has 0 aromatic heterocycles. The van der Waals surface area contributed by atoms with Crippen molar-refractivity contribution in [1.82, 2.24) is 0 Å². The molecule has 0 unspecified atom stereocenters. The van der Waals surface area contributed by atoms with Crippen molar-refractivity contribution in [1.29, 1.82) is 0 Å². The molecule has 2 amide bonds. The molecular formula is C22H17F3N2O2.